The summed E-state index contributed by atoms with van der Waals surface area (Å²) in [4.78, 5) is 52.0. The van der Waals surface area contributed by atoms with E-state index in [-0.39, 0.29) is 12.5 Å². The van der Waals surface area contributed by atoms with E-state index in [1.54, 1.807) is 25.6 Å². The summed E-state index contributed by atoms with van der Waals surface area (Å²) in [5.74, 6) is -1.21. The van der Waals surface area contributed by atoms with E-state index >= 15 is 0 Å². The number of aromatic amines is 1. The number of amides is 2. The maximum Gasteiger partial charge on any atom is 0.330 e. The minimum Gasteiger partial charge on any atom is -0.352 e. The first-order valence-electron chi connectivity index (χ1n) is 10.8. The van der Waals surface area contributed by atoms with E-state index in [1.165, 1.54) is 21.7 Å². The van der Waals surface area contributed by atoms with Crippen molar-refractivity contribution in [3.8, 4) is 0 Å². The number of ether oxygens (including phenoxy) is 3. The molecular weight excluding hydrogens is 452 g/mol. The Morgan fingerprint density at radius 2 is 1.85 bits per heavy atom. The molecule has 0 unspecified atom stereocenters. The van der Waals surface area contributed by atoms with Crippen LogP contribution in [-0.4, -0.2) is 73.1 Å². The SMILES string of the molecule is CC1(C)O[C@@H]2[C@H](O1)[C@@H](CNC(=O)[C@@H]1N(C=O)C(C)(C)SC1(C)C)O[C@H]2n1ccc(=O)[nH]c1=O. The molecule has 12 heteroatoms. The average Bonchev–Trinajstić information content (AvgIpc) is 3.22. The van der Waals surface area contributed by atoms with E-state index in [9.17, 15) is 19.2 Å². The van der Waals surface area contributed by atoms with Gasteiger partial charge in [0, 0.05) is 23.6 Å². The number of hydrogen-bond donors (Lipinski definition) is 2. The third-order valence-electron chi connectivity index (χ3n) is 6.16. The summed E-state index contributed by atoms with van der Waals surface area (Å²) in [6, 6.07) is 0.563. The maximum atomic E-state index is 13.2. The van der Waals surface area contributed by atoms with E-state index in [2.05, 4.69) is 10.3 Å². The minimum atomic E-state index is -0.909. The van der Waals surface area contributed by atoms with Gasteiger partial charge in [-0.25, -0.2) is 4.79 Å². The van der Waals surface area contributed by atoms with Crippen LogP contribution in [0.1, 0.15) is 47.8 Å². The number of thioether (sulfide) groups is 1. The molecule has 0 saturated carbocycles. The van der Waals surface area contributed by atoms with Crippen LogP contribution in [-0.2, 0) is 23.8 Å². The van der Waals surface area contributed by atoms with Crippen molar-refractivity contribution < 1.29 is 23.8 Å². The van der Waals surface area contributed by atoms with Crippen LogP contribution in [0, 0.1) is 0 Å². The largest absolute Gasteiger partial charge is 0.352 e. The molecule has 1 aromatic heterocycles. The molecule has 182 valence electrons. The lowest BCUT2D eigenvalue weighted by Crippen LogP contribution is -2.55. The molecule has 11 nitrogen and oxygen atoms in total. The molecule has 0 aliphatic carbocycles. The standard InChI is InChI=1S/C21H30N4O7S/c1-19(2)15(25(10-26)20(3,4)33-19)16(28)22-9-11-13-14(32-21(5,6)31-13)17(30-11)24-8-7-12(27)23-18(24)29/h7-8,10-11,13-15,17H,9H2,1-6H3,(H,22,28)(H,23,27,29)/t11-,13-,14-,15+,17-/m1/s1. The highest BCUT2D eigenvalue weighted by Gasteiger charge is 2.57. The van der Waals surface area contributed by atoms with Crippen molar-refractivity contribution in [1.82, 2.24) is 19.8 Å². The zero-order valence-electron chi connectivity index (χ0n) is 19.5. The molecule has 4 heterocycles. The van der Waals surface area contributed by atoms with Crippen molar-refractivity contribution in [3.63, 3.8) is 0 Å². The van der Waals surface area contributed by atoms with Gasteiger partial charge in [0.25, 0.3) is 5.56 Å². The Labute approximate surface area is 195 Å². The lowest BCUT2D eigenvalue weighted by Gasteiger charge is -2.32. The Balaban J connectivity index is 1.53. The van der Waals surface area contributed by atoms with Crippen molar-refractivity contribution >= 4 is 24.1 Å². The summed E-state index contributed by atoms with van der Waals surface area (Å²) >= 11 is 1.56. The predicted molar refractivity (Wildman–Crippen MR) is 120 cm³/mol. The molecule has 33 heavy (non-hydrogen) atoms. The van der Waals surface area contributed by atoms with Crippen LogP contribution in [0.15, 0.2) is 21.9 Å². The minimum absolute atomic E-state index is 0.0957. The average molecular weight is 483 g/mol. The van der Waals surface area contributed by atoms with Crippen LogP contribution in [0.5, 0.6) is 0 Å². The molecule has 5 atom stereocenters. The maximum absolute atomic E-state index is 13.2. The van der Waals surface area contributed by atoms with Gasteiger partial charge in [-0.2, -0.15) is 0 Å². The van der Waals surface area contributed by atoms with Gasteiger partial charge in [-0.05, 0) is 41.5 Å². The van der Waals surface area contributed by atoms with Crippen molar-refractivity contribution in [2.75, 3.05) is 6.54 Å². The zero-order chi connectivity index (χ0) is 24.3. The molecule has 4 rings (SSSR count). The number of nitrogens with zero attached hydrogens (tertiary/aromatic N) is 2. The van der Waals surface area contributed by atoms with Gasteiger partial charge in [0.05, 0.1) is 4.87 Å². The number of hydrogen-bond acceptors (Lipinski definition) is 8. The summed E-state index contributed by atoms with van der Waals surface area (Å²) in [6.07, 6.45) is -0.557. The Hall–Kier alpha value is -2.15. The van der Waals surface area contributed by atoms with Gasteiger partial charge >= 0.3 is 5.69 Å². The van der Waals surface area contributed by atoms with Crippen molar-refractivity contribution in [3.05, 3.63) is 33.1 Å². The Kier molecular flexibility index (Phi) is 5.79. The van der Waals surface area contributed by atoms with Gasteiger partial charge in [-0.3, -0.25) is 23.9 Å². The fraction of sp³-hybridized carbons (Fsp3) is 0.714. The van der Waals surface area contributed by atoms with Crippen LogP contribution >= 0.6 is 11.8 Å². The molecular formula is C21H30N4O7S. The summed E-state index contributed by atoms with van der Waals surface area (Å²) < 4.78 is 18.8. The number of aromatic nitrogens is 2. The summed E-state index contributed by atoms with van der Waals surface area (Å²) in [5.41, 5.74) is -1.14. The quantitative estimate of drug-likeness (QED) is 0.568. The van der Waals surface area contributed by atoms with Crippen molar-refractivity contribution in [1.29, 1.82) is 0 Å². The van der Waals surface area contributed by atoms with Crippen LogP contribution < -0.4 is 16.6 Å². The van der Waals surface area contributed by atoms with Gasteiger partial charge in [0.2, 0.25) is 12.3 Å². The molecule has 1 aromatic rings. The Morgan fingerprint density at radius 1 is 1.18 bits per heavy atom. The number of carbonyl (C=O) groups is 2. The highest BCUT2D eigenvalue weighted by Crippen LogP contribution is 2.50. The third kappa shape index (κ3) is 4.25. The lowest BCUT2D eigenvalue weighted by molar-refractivity contribution is -0.196. The summed E-state index contributed by atoms with van der Waals surface area (Å²) in [5, 5.41) is 2.90. The first-order valence-corrected chi connectivity index (χ1v) is 11.6. The summed E-state index contributed by atoms with van der Waals surface area (Å²) in [6.45, 7) is 11.3. The predicted octanol–water partition coefficient (Wildman–Crippen LogP) is 0.159. The van der Waals surface area contributed by atoms with Gasteiger partial charge < -0.3 is 24.4 Å². The van der Waals surface area contributed by atoms with Gasteiger partial charge in [-0.15, -0.1) is 11.8 Å². The van der Waals surface area contributed by atoms with Crippen molar-refractivity contribution in [2.24, 2.45) is 0 Å². The van der Waals surface area contributed by atoms with Gasteiger partial charge in [0.1, 0.15) is 24.4 Å². The fourth-order valence-electron chi connectivity index (χ4n) is 5.00. The molecule has 0 radical (unpaired) electrons. The first kappa shape index (κ1) is 24.0. The highest BCUT2D eigenvalue weighted by molar-refractivity contribution is 8.02. The number of fused-ring (bicyclic) bond motifs is 1. The van der Waals surface area contributed by atoms with Crippen molar-refractivity contribution in [2.45, 2.75) is 87.5 Å². The highest BCUT2D eigenvalue weighted by atomic mass is 32.2. The Morgan fingerprint density at radius 3 is 2.48 bits per heavy atom. The van der Waals surface area contributed by atoms with E-state index < -0.39 is 57.2 Å². The van der Waals surface area contributed by atoms with Crippen LogP contribution in [0.2, 0.25) is 0 Å². The molecule has 0 spiro atoms. The first-order chi connectivity index (χ1) is 15.3. The van der Waals surface area contributed by atoms with E-state index in [4.69, 9.17) is 14.2 Å². The second-order valence-electron chi connectivity index (χ2n) is 9.96. The van der Waals surface area contributed by atoms with E-state index in [0.29, 0.717) is 6.41 Å². The lowest BCUT2D eigenvalue weighted by atomic mass is 10.00. The second-order valence-corrected chi connectivity index (χ2v) is 12.2. The molecule has 2 N–H and O–H groups in total. The monoisotopic (exact) mass is 482 g/mol. The van der Waals surface area contributed by atoms with E-state index in [1.807, 2.05) is 27.7 Å². The third-order valence-corrected chi connectivity index (χ3v) is 7.62. The van der Waals surface area contributed by atoms with Crippen LogP contribution in [0.4, 0.5) is 0 Å². The van der Waals surface area contributed by atoms with Gasteiger partial charge in [0.15, 0.2) is 12.0 Å². The number of carbonyl (C=O) groups excluding carboxylic acids is 2. The number of nitrogens with one attached hydrogen (secondary N) is 2. The molecule has 3 aliphatic rings. The number of rotatable bonds is 5. The molecule has 3 fully saturated rings. The fourth-order valence-corrected chi connectivity index (χ4v) is 6.87. The smallest absolute Gasteiger partial charge is 0.330 e. The molecule has 0 aromatic carbocycles. The normalized spacial score (nSPS) is 33.6. The second kappa shape index (κ2) is 7.97. The number of H-pyrrole nitrogens is 1. The topological polar surface area (TPSA) is 132 Å². The zero-order valence-corrected chi connectivity index (χ0v) is 20.3. The Bertz CT molecular complexity index is 1070. The van der Waals surface area contributed by atoms with E-state index in [0.717, 1.165) is 0 Å². The summed E-state index contributed by atoms with van der Waals surface area (Å²) in [7, 11) is 0. The van der Waals surface area contributed by atoms with Gasteiger partial charge in [-0.1, -0.05) is 0 Å². The molecule has 3 aliphatic heterocycles. The molecule has 2 amide bonds. The van der Waals surface area contributed by atoms with Crippen LogP contribution in [0.25, 0.3) is 0 Å². The molecule has 0 bridgehead atoms. The van der Waals surface area contributed by atoms with Crippen LogP contribution in [0.3, 0.4) is 0 Å². The molecule has 3 saturated heterocycles.